The third kappa shape index (κ3) is 7.99. The van der Waals surface area contributed by atoms with Gasteiger partial charge in [0.15, 0.2) is 0 Å². The summed E-state index contributed by atoms with van der Waals surface area (Å²) in [7, 11) is 0. The van der Waals surface area contributed by atoms with Crippen molar-refractivity contribution in [2.24, 2.45) is 0 Å². The molecular weight excluding hydrogens is 146 g/mol. The van der Waals surface area contributed by atoms with Crippen molar-refractivity contribution in [2.75, 3.05) is 19.0 Å². The molecule has 0 aromatic rings. The standard InChI is InChI=1S/C8H16ClN/c1-2-7-10-8-5-3-4-6-9/h2,10H,1,3-8H2. The Morgan fingerprint density at radius 3 is 2.70 bits per heavy atom. The molecule has 1 N–H and O–H groups in total. The van der Waals surface area contributed by atoms with E-state index in [9.17, 15) is 0 Å². The Morgan fingerprint density at radius 2 is 2.10 bits per heavy atom. The maximum Gasteiger partial charge on any atom is 0.0223 e. The van der Waals surface area contributed by atoms with E-state index >= 15 is 0 Å². The number of nitrogens with one attached hydrogen (secondary N) is 1. The van der Waals surface area contributed by atoms with E-state index < -0.39 is 0 Å². The summed E-state index contributed by atoms with van der Waals surface area (Å²) in [5.41, 5.74) is 0. The van der Waals surface area contributed by atoms with E-state index in [0.717, 1.165) is 25.4 Å². The zero-order valence-corrected chi connectivity index (χ0v) is 7.16. The Labute approximate surface area is 68.5 Å². The number of halogens is 1. The highest BCUT2D eigenvalue weighted by Crippen LogP contribution is 1.94. The van der Waals surface area contributed by atoms with E-state index in [0.29, 0.717) is 0 Å². The molecule has 0 radical (unpaired) electrons. The highest BCUT2D eigenvalue weighted by atomic mass is 35.5. The molecule has 60 valence electrons. The van der Waals surface area contributed by atoms with Crippen molar-refractivity contribution >= 4 is 11.6 Å². The summed E-state index contributed by atoms with van der Waals surface area (Å²) in [5.74, 6) is 0.793. The Hall–Kier alpha value is -0.0100. The lowest BCUT2D eigenvalue weighted by atomic mass is 10.2. The van der Waals surface area contributed by atoms with Gasteiger partial charge in [-0.25, -0.2) is 0 Å². The lowest BCUT2D eigenvalue weighted by molar-refractivity contribution is 0.648. The molecule has 0 heterocycles. The Bertz CT molecular complexity index is 73.7. The summed E-state index contributed by atoms with van der Waals surface area (Å²) in [6.45, 7) is 5.61. The number of unbranched alkanes of at least 4 members (excludes halogenated alkanes) is 2. The molecule has 0 aromatic carbocycles. The van der Waals surface area contributed by atoms with Gasteiger partial charge in [0, 0.05) is 12.4 Å². The van der Waals surface area contributed by atoms with Gasteiger partial charge < -0.3 is 5.32 Å². The molecule has 1 nitrogen and oxygen atoms in total. The first-order chi connectivity index (χ1) is 4.91. The molecule has 0 spiro atoms. The van der Waals surface area contributed by atoms with Crippen molar-refractivity contribution in [2.45, 2.75) is 19.3 Å². The van der Waals surface area contributed by atoms with Crippen LogP contribution in [0.3, 0.4) is 0 Å². The Kier molecular flexibility index (Phi) is 8.98. The van der Waals surface area contributed by atoms with Crippen LogP contribution in [-0.4, -0.2) is 19.0 Å². The van der Waals surface area contributed by atoms with Gasteiger partial charge in [-0.15, -0.1) is 18.2 Å². The fourth-order valence-corrected chi connectivity index (χ4v) is 0.914. The number of hydrogen-bond donors (Lipinski definition) is 1. The van der Waals surface area contributed by atoms with E-state index in [-0.39, 0.29) is 0 Å². The summed E-state index contributed by atoms with van der Waals surface area (Å²) in [6, 6.07) is 0. The summed E-state index contributed by atoms with van der Waals surface area (Å²) in [4.78, 5) is 0. The fraction of sp³-hybridized carbons (Fsp3) is 0.750. The minimum atomic E-state index is 0.793. The molecule has 0 aromatic heterocycles. The van der Waals surface area contributed by atoms with Crippen LogP contribution in [0.1, 0.15) is 19.3 Å². The Balaban J connectivity index is 2.70. The maximum absolute atomic E-state index is 5.51. The molecule has 0 aliphatic heterocycles. The summed E-state index contributed by atoms with van der Waals surface area (Å²) < 4.78 is 0. The van der Waals surface area contributed by atoms with Gasteiger partial charge in [-0.2, -0.15) is 0 Å². The maximum atomic E-state index is 5.51. The van der Waals surface area contributed by atoms with Crippen LogP contribution < -0.4 is 5.32 Å². The molecule has 0 aliphatic rings. The topological polar surface area (TPSA) is 12.0 Å². The van der Waals surface area contributed by atoms with Gasteiger partial charge in [0.05, 0.1) is 0 Å². The van der Waals surface area contributed by atoms with E-state index in [4.69, 9.17) is 11.6 Å². The smallest absolute Gasteiger partial charge is 0.0223 e. The van der Waals surface area contributed by atoms with Gasteiger partial charge in [-0.1, -0.05) is 12.5 Å². The molecule has 0 rings (SSSR count). The minimum Gasteiger partial charge on any atom is -0.313 e. The lowest BCUT2D eigenvalue weighted by Crippen LogP contribution is -2.14. The van der Waals surface area contributed by atoms with Gasteiger partial charge >= 0.3 is 0 Å². The van der Waals surface area contributed by atoms with Crippen molar-refractivity contribution in [1.29, 1.82) is 0 Å². The molecule has 0 fully saturated rings. The molecule has 0 bridgehead atoms. The third-order valence-electron chi connectivity index (χ3n) is 1.28. The zero-order valence-electron chi connectivity index (χ0n) is 6.41. The molecule has 0 saturated carbocycles. The van der Waals surface area contributed by atoms with Crippen molar-refractivity contribution in [1.82, 2.24) is 5.32 Å². The molecular formula is C8H16ClN. The lowest BCUT2D eigenvalue weighted by Gasteiger charge is -1.99. The van der Waals surface area contributed by atoms with Crippen molar-refractivity contribution in [3.63, 3.8) is 0 Å². The third-order valence-corrected chi connectivity index (χ3v) is 1.54. The predicted molar refractivity (Wildman–Crippen MR) is 47.6 cm³/mol. The van der Waals surface area contributed by atoms with Crippen LogP contribution in [-0.2, 0) is 0 Å². The largest absolute Gasteiger partial charge is 0.313 e. The van der Waals surface area contributed by atoms with E-state index in [1.807, 2.05) is 6.08 Å². The SMILES string of the molecule is C=CCNCCCCCCl. The quantitative estimate of drug-likeness (QED) is 0.343. The second-order valence-corrected chi connectivity index (χ2v) is 2.62. The van der Waals surface area contributed by atoms with Crippen LogP contribution in [0.2, 0.25) is 0 Å². The normalized spacial score (nSPS) is 9.70. The Morgan fingerprint density at radius 1 is 1.30 bits per heavy atom. The fourth-order valence-electron chi connectivity index (χ4n) is 0.725. The summed E-state index contributed by atoms with van der Waals surface area (Å²) >= 11 is 5.51. The van der Waals surface area contributed by atoms with Crippen molar-refractivity contribution in [3.8, 4) is 0 Å². The number of rotatable bonds is 7. The van der Waals surface area contributed by atoms with Gasteiger partial charge in [-0.05, 0) is 19.4 Å². The molecule has 10 heavy (non-hydrogen) atoms. The van der Waals surface area contributed by atoms with E-state index in [1.165, 1.54) is 12.8 Å². The van der Waals surface area contributed by atoms with Crippen molar-refractivity contribution < 1.29 is 0 Å². The summed E-state index contributed by atoms with van der Waals surface area (Å²) in [5, 5.41) is 3.23. The van der Waals surface area contributed by atoms with Crippen LogP contribution in [0.5, 0.6) is 0 Å². The second kappa shape index (κ2) is 8.99. The predicted octanol–water partition coefficient (Wildman–Crippen LogP) is 2.17. The first-order valence-corrected chi connectivity index (χ1v) is 4.33. The van der Waals surface area contributed by atoms with Crippen LogP contribution in [0.15, 0.2) is 12.7 Å². The molecule has 0 aliphatic carbocycles. The molecule has 0 unspecified atom stereocenters. The monoisotopic (exact) mass is 161 g/mol. The molecule has 0 amide bonds. The van der Waals surface area contributed by atoms with E-state index in [2.05, 4.69) is 11.9 Å². The van der Waals surface area contributed by atoms with Crippen LogP contribution >= 0.6 is 11.6 Å². The first-order valence-electron chi connectivity index (χ1n) is 3.79. The first kappa shape index (κ1) is 9.99. The van der Waals surface area contributed by atoms with Gasteiger partial charge in [0.2, 0.25) is 0 Å². The average molecular weight is 162 g/mol. The van der Waals surface area contributed by atoms with E-state index in [1.54, 1.807) is 0 Å². The highest BCUT2D eigenvalue weighted by Gasteiger charge is 1.85. The second-order valence-electron chi connectivity index (χ2n) is 2.24. The molecule has 2 heteroatoms. The van der Waals surface area contributed by atoms with Gasteiger partial charge in [0.25, 0.3) is 0 Å². The van der Waals surface area contributed by atoms with Gasteiger partial charge in [0.1, 0.15) is 0 Å². The zero-order chi connectivity index (χ0) is 7.66. The molecule has 0 saturated heterocycles. The van der Waals surface area contributed by atoms with Gasteiger partial charge in [-0.3, -0.25) is 0 Å². The highest BCUT2D eigenvalue weighted by molar-refractivity contribution is 6.17. The average Bonchev–Trinajstić information content (AvgIpc) is 1.97. The number of hydrogen-bond acceptors (Lipinski definition) is 1. The van der Waals surface area contributed by atoms with Crippen LogP contribution in [0, 0.1) is 0 Å². The van der Waals surface area contributed by atoms with Crippen LogP contribution in [0.4, 0.5) is 0 Å². The summed E-state index contributed by atoms with van der Waals surface area (Å²) in [6.07, 6.45) is 5.47. The minimum absolute atomic E-state index is 0.793. The van der Waals surface area contributed by atoms with Crippen molar-refractivity contribution in [3.05, 3.63) is 12.7 Å². The molecule has 0 atom stereocenters. The number of alkyl halides is 1. The van der Waals surface area contributed by atoms with Crippen LogP contribution in [0.25, 0.3) is 0 Å².